The first-order valence-electron chi connectivity index (χ1n) is 4.67. The van der Waals surface area contributed by atoms with Crippen LogP contribution in [0.5, 0.6) is 0 Å². The van der Waals surface area contributed by atoms with Crippen LogP contribution >= 0.6 is 11.5 Å². The quantitative estimate of drug-likeness (QED) is 0.750. The summed E-state index contributed by atoms with van der Waals surface area (Å²) in [7, 11) is 0. The number of hydrogen-bond donors (Lipinski definition) is 1. The van der Waals surface area contributed by atoms with Crippen LogP contribution in [0.25, 0.3) is 0 Å². The number of H-pyrrole nitrogens is 1. The van der Waals surface area contributed by atoms with Gasteiger partial charge in [0.2, 0.25) is 0 Å². The minimum atomic E-state index is -0.246. The average molecular weight is 212 g/mol. The monoisotopic (exact) mass is 212 g/mol. The van der Waals surface area contributed by atoms with E-state index in [0.717, 1.165) is 30.9 Å². The summed E-state index contributed by atoms with van der Waals surface area (Å²) >= 11 is 1.27. The fourth-order valence-corrected chi connectivity index (χ4v) is 2.69. The highest BCUT2D eigenvalue weighted by Gasteiger charge is 2.22. The van der Waals surface area contributed by atoms with Gasteiger partial charge in [0.05, 0.1) is 0 Å². The fraction of sp³-hybridized carbons (Fsp3) is 0.556. The lowest BCUT2D eigenvalue weighted by Gasteiger charge is -2.14. The number of nitrogens with zero attached hydrogens (tertiary/aromatic N) is 1. The molecule has 0 saturated carbocycles. The Morgan fingerprint density at radius 2 is 2.07 bits per heavy atom. The lowest BCUT2D eigenvalue weighted by Crippen LogP contribution is -2.21. The van der Waals surface area contributed by atoms with E-state index in [2.05, 4.69) is 9.27 Å². The second-order valence-electron chi connectivity index (χ2n) is 3.46. The van der Waals surface area contributed by atoms with Gasteiger partial charge in [0.1, 0.15) is 10.6 Å². The van der Waals surface area contributed by atoms with Gasteiger partial charge < -0.3 is 4.90 Å². The molecule has 0 radical (unpaired) electrons. The molecule has 2 rings (SSSR count). The lowest BCUT2D eigenvalue weighted by molar-refractivity contribution is 0.101. The molecule has 14 heavy (non-hydrogen) atoms. The third-order valence-electron chi connectivity index (χ3n) is 2.43. The Balaban J connectivity index is 2.42. The summed E-state index contributed by atoms with van der Waals surface area (Å²) in [5.41, 5.74) is 0.0845. The standard InChI is InChI=1S/C9H12N2O2S/c1-6(12)7-8(13)10-14-9(7)11-4-2-3-5-11/h2-5H2,1H3,(H,10,13). The molecule has 4 nitrogen and oxygen atoms in total. The molecule has 0 aliphatic carbocycles. The number of nitrogens with one attached hydrogen (secondary N) is 1. The molecule has 0 atom stereocenters. The SMILES string of the molecule is CC(=O)c1c(N2CCCC2)s[nH]c1=O. The van der Waals surface area contributed by atoms with Crippen molar-refractivity contribution in [3.63, 3.8) is 0 Å². The maximum absolute atomic E-state index is 11.3. The molecule has 5 heteroatoms. The Morgan fingerprint density at radius 3 is 2.64 bits per heavy atom. The number of carbonyl (C=O) groups is 1. The van der Waals surface area contributed by atoms with Gasteiger partial charge >= 0.3 is 0 Å². The summed E-state index contributed by atoms with van der Waals surface area (Å²) < 4.78 is 2.62. The molecular weight excluding hydrogens is 200 g/mol. The molecule has 1 fully saturated rings. The molecule has 0 aromatic carbocycles. The van der Waals surface area contributed by atoms with Gasteiger partial charge in [-0.05, 0) is 31.3 Å². The topological polar surface area (TPSA) is 53.2 Å². The minimum absolute atomic E-state index is 0.144. The van der Waals surface area contributed by atoms with Crippen molar-refractivity contribution in [1.82, 2.24) is 4.37 Å². The molecule has 1 aliphatic rings. The summed E-state index contributed by atoms with van der Waals surface area (Å²) in [5.74, 6) is -0.144. The zero-order chi connectivity index (χ0) is 10.1. The molecule has 1 saturated heterocycles. The summed E-state index contributed by atoms with van der Waals surface area (Å²) in [6.45, 7) is 3.35. The van der Waals surface area contributed by atoms with Crippen LogP contribution in [0.1, 0.15) is 30.1 Å². The normalized spacial score (nSPS) is 16.2. The van der Waals surface area contributed by atoms with Crippen molar-refractivity contribution in [3.05, 3.63) is 15.9 Å². The Labute approximate surface area is 85.7 Å². The first kappa shape index (κ1) is 9.45. The van der Waals surface area contributed by atoms with Gasteiger partial charge in [-0.3, -0.25) is 14.0 Å². The maximum atomic E-state index is 11.3. The molecular formula is C9H12N2O2S. The molecule has 1 aliphatic heterocycles. The van der Waals surface area contributed by atoms with Crippen molar-refractivity contribution in [2.75, 3.05) is 18.0 Å². The van der Waals surface area contributed by atoms with E-state index in [1.165, 1.54) is 18.5 Å². The van der Waals surface area contributed by atoms with Crippen molar-refractivity contribution in [3.8, 4) is 0 Å². The van der Waals surface area contributed by atoms with Crippen molar-refractivity contribution >= 4 is 22.3 Å². The Hall–Kier alpha value is -1.10. The molecule has 1 aromatic heterocycles. The highest BCUT2D eigenvalue weighted by Crippen LogP contribution is 2.26. The summed E-state index contributed by atoms with van der Waals surface area (Å²) in [6.07, 6.45) is 2.28. The molecule has 0 unspecified atom stereocenters. The van der Waals surface area contributed by atoms with E-state index < -0.39 is 0 Å². The number of ketones is 1. The van der Waals surface area contributed by atoms with Gasteiger partial charge in [-0.25, -0.2) is 0 Å². The molecule has 0 bridgehead atoms. The van der Waals surface area contributed by atoms with E-state index in [0.29, 0.717) is 5.56 Å². The highest BCUT2D eigenvalue weighted by atomic mass is 32.1. The summed E-state index contributed by atoms with van der Waals surface area (Å²) in [4.78, 5) is 24.7. The lowest BCUT2D eigenvalue weighted by atomic mass is 10.2. The molecule has 76 valence electrons. The van der Waals surface area contributed by atoms with Gasteiger partial charge in [0.25, 0.3) is 5.56 Å². The third-order valence-corrected chi connectivity index (χ3v) is 3.37. The maximum Gasteiger partial charge on any atom is 0.271 e. The number of anilines is 1. The average Bonchev–Trinajstić information content (AvgIpc) is 2.70. The van der Waals surface area contributed by atoms with Gasteiger partial charge in [-0.2, -0.15) is 0 Å². The van der Waals surface area contributed by atoms with Crippen LogP contribution in [0.2, 0.25) is 0 Å². The smallest absolute Gasteiger partial charge is 0.271 e. The molecule has 0 spiro atoms. The number of rotatable bonds is 2. The zero-order valence-corrected chi connectivity index (χ0v) is 8.82. The fourth-order valence-electron chi connectivity index (χ4n) is 1.75. The third kappa shape index (κ3) is 1.48. The number of Topliss-reactive ketones (excluding diaryl/α,β-unsaturated/α-hetero) is 1. The Bertz CT molecular complexity index is 401. The van der Waals surface area contributed by atoms with E-state index in [9.17, 15) is 9.59 Å². The van der Waals surface area contributed by atoms with E-state index in [-0.39, 0.29) is 11.3 Å². The van der Waals surface area contributed by atoms with Crippen molar-refractivity contribution in [2.45, 2.75) is 19.8 Å². The number of hydrogen-bond acceptors (Lipinski definition) is 4. The van der Waals surface area contributed by atoms with E-state index in [4.69, 9.17) is 0 Å². The first-order valence-corrected chi connectivity index (χ1v) is 5.49. The van der Waals surface area contributed by atoms with Crippen molar-refractivity contribution in [1.29, 1.82) is 0 Å². The Kier molecular flexibility index (Phi) is 2.41. The first-order chi connectivity index (χ1) is 6.70. The second kappa shape index (κ2) is 3.57. The zero-order valence-electron chi connectivity index (χ0n) is 8.00. The molecule has 2 heterocycles. The minimum Gasteiger partial charge on any atom is -0.362 e. The Morgan fingerprint density at radius 1 is 1.43 bits per heavy atom. The molecule has 1 aromatic rings. The van der Waals surface area contributed by atoms with Crippen molar-refractivity contribution in [2.24, 2.45) is 0 Å². The summed E-state index contributed by atoms with van der Waals surface area (Å²) in [6, 6.07) is 0. The van der Waals surface area contributed by atoms with E-state index >= 15 is 0 Å². The van der Waals surface area contributed by atoms with Gasteiger partial charge in [-0.15, -0.1) is 0 Å². The van der Waals surface area contributed by atoms with Crippen LogP contribution < -0.4 is 10.5 Å². The second-order valence-corrected chi connectivity index (χ2v) is 4.26. The predicted octanol–water partition coefficient (Wildman–Crippen LogP) is 1.24. The van der Waals surface area contributed by atoms with Gasteiger partial charge in [0, 0.05) is 13.1 Å². The largest absolute Gasteiger partial charge is 0.362 e. The van der Waals surface area contributed by atoms with Crippen LogP contribution in [0.15, 0.2) is 4.79 Å². The van der Waals surface area contributed by atoms with Crippen LogP contribution in [-0.4, -0.2) is 23.2 Å². The van der Waals surface area contributed by atoms with E-state index in [1.807, 2.05) is 0 Å². The number of aromatic amines is 1. The van der Waals surface area contributed by atoms with E-state index in [1.54, 1.807) is 0 Å². The van der Waals surface area contributed by atoms with Crippen LogP contribution in [-0.2, 0) is 0 Å². The van der Waals surface area contributed by atoms with Crippen molar-refractivity contribution < 1.29 is 4.79 Å². The molecule has 1 N–H and O–H groups in total. The van der Waals surface area contributed by atoms with Gasteiger partial charge in [0.15, 0.2) is 5.78 Å². The number of carbonyl (C=O) groups excluding carboxylic acids is 1. The van der Waals surface area contributed by atoms with Crippen LogP contribution in [0.3, 0.4) is 0 Å². The number of aromatic nitrogens is 1. The van der Waals surface area contributed by atoms with Crippen LogP contribution in [0, 0.1) is 0 Å². The van der Waals surface area contributed by atoms with Gasteiger partial charge in [-0.1, -0.05) is 0 Å². The van der Waals surface area contributed by atoms with Crippen LogP contribution in [0.4, 0.5) is 5.00 Å². The highest BCUT2D eigenvalue weighted by molar-refractivity contribution is 7.10. The predicted molar refractivity (Wildman–Crippen MR) is 56.4 cm³/mol. The molecule has 0 amide bonds. The summed E-state index contributed by atoms with van der Waals surface area (Å²) in [5, 5.41) is 0.819.